The zero-order valence-electron chi connectivity index (χ0n) is 11.7. The predicted molar refractivity (Wildman–Crippen MR) is 83.1 cm³/mol. The summed E-state index contributed by atoms with van der Waals surface area (Å²) in [4.78, 5) is 21.2. The van der Waals surface area contributed by atoms with Crippen molar-refractivity contribution in [2.24, 2.45) is 0 Å². The Kier molecular flexibility index (Phi) is 3.36. The Morgan fingerprint density at radius 3 is 2.57 bits per heavy atom. The van der Waals surface area contributed by atoms with Gasteiger partial charge in [-0.2, -0.15) is 0 Å². The van der Waals surface area contributed by atoms with Gasteiger partial charge in [-0.3, -0.25) is 0 Å². The molecule has 0 aliphatic rings. The van der Waals surface area contributed by atoms with Crippen molar-refractivity contribution in [1.82, 2.24) is 9.97 Å². The number of esters is 1. The minimum absolute atomic E-state index is 0.328. The number of para-hydroxylation sites is 2. The molecular formula is C17H14N2O2. The summed E-state index contributed by atoms with van der Waals surface area (Å²) in [6, 6.07) is 11.1. The highest BCUT2D eigenvalue weighted by atomic mass is 16.5. The Labute approximate surface area is 122 Å². The van der Waals surface area contributed by atoms with Crippen LogP contribution in [0.4, 0.5) is 0 Å². The van der Waals surface area contributed by atoms with Gasteiger partial charge in [-0.25, -0.2) is 14.8 Å². The monoisotopic (exact) mass is 278 g/mol. The number of aromatic nitrogens is 2. The van der Waals surface area contributed by atoms with E-state index in [2.05, 4.69) is 16.5 Å². The number of rotatable bonds is 3. The number of nitrogens with zero attached hydrogens (tertiary/aromatic N) is 2. The molecule has 1 aromatic heterocycles. The van der Waals surface area contributed by atoms with Crippen LogP contribution in [0.15, 0.2) is 43.0 Å². The molecule has 4 nitrogen and oxygen atoms in total. The number of fused-ring (bicyclic) bond motifs is 2. The van der Waals surface area contributed by atoms with Crippen LogP contribution >= 0.6 is 0 Å². The third-order valence-corrected chi connectivity index (χ3v) is 3.24. The topological polar surface area (TPSA) is 52.1 Å². The lowest BCUT2D eigenvalue weighted by Gasteiger charge is -2.07. The van der Waals surface area contributed by atoms with Gasteiger partial charge >= 0.3 is 5.97 Å². The van der Waals surface area contributed by atoms with Gasteiger partial charge in [0, 0.05) is 5.56 Å². The summed E-state index contributed by atoms with van der Waals surface area (Å²) in [5, 5.41) is 0. The van der Waals surface area contributed by atoms with Crippen LogP contribution in [0.5, 0.6) is 0 Å². The molecule has 0 aliphatic carbocycles. The summed E-state index contributed by atoms with van der Waals surface area (Å²) >= 11 is 0. The molecule has 2 aromatic carbocycles. The zero-order chi connectivity index (χ0) is 14.8. The first-order valence-corrected chi connectivity index (χ1v) is 6.73. The maximum absolute atomic E-state index is 12.0. The van der Waals surface area contributed by atoms with E-state index in [1.165, 1.54) is 0 Å². The normalized spacial score (nSPS) is 10.7. The molecule has 0 bridgehead atoms. The molecule has 0 fully saturated rings. The van der Waals surface area contributed by atoms with Crippen LogP contribution in [0.2, 0.25) is 0 Å². The number of ether oxygens (including phenoxy) is 1. The minimum atomic E-state index is -0.382. The molecule has 0 unspecified atom stereocenters. The van der Waals surface area contributed by atoms with Gasteiger partial charge in [0.1, 0.15) is 5.52 Å². The standard InChI is InChI=1S/C17H14N2O2/c1-3-11-7-5-9-13-15(11)19-16-12(17(20)21-4-2)8-6-10-14(16)18-13/h3,5-10H,1,4H2,2H3. The molecule has 3 rings (SSSR count). The smallest absolute Gasteiger partial charge is 0.340 e. The highest BCUT2D eigenvalue weighted by molar-refractivity contribution is 6.04. The van der Waals surface area contributed by atoms with Gasteiger partial charge in [-0.05, 0) is 25.1 Å². The molecule has 21 heavy (non-hydrogen) atoms. The van der Waals surface area contributed by atoms with Gasteiger partial charge in [0.2, 0.25) is 0 Å². The second-order valence-electron chi connectivity index (χ2n) is 4.54. The molecule has 4 heteroatoms. The van der Waals surface area contributed by atoms with Crippen LogP contribution in [-0.2, 0) is 4.74 Å². The van der Waals surface area contributed by atoms with E-state index in [9.17, 15) is 4.79 Å². The highest BCUT2D eigenvalue weighted by Gasteiger charge is 2.14. The molecule has 0 spiro atoms. The summed E-state index contributed by atoms with van der Waals surface area (Å²) in [6.45, 7) is 5.89. The minimum Gasteiger partial charge on any atom is -0.462 e. The molecule has 0 saturated carbocycles. The average molecular weight is 278 g/mol. The average Bonchev–Trinajstić information content (AvgIpc) is 2.51. The molecule has 0 aliphatic heterocycles. The maximum Gasteiger partial charge on any atom is 0.340 e. The first-order chi connectivity index (χ1) is 10.2. The summed E-state index contributed by atoms with van der Waals surface area (Å²) in [5.41, 5.74) is 4.06. The van der Waals surface area contributed by atoms with Crippen LogP contribution in [0.25, 0.3) is 28.1 Å². The fourth-order valence-electron chi connectivity index (χ4n) is 2.28. The fourth-order valence-corrected chi connectivity index (χ4v) is 2.28. The van der Waals surface area contributed by atoms with Crippen LogP contribution in [0, 0.1) is 0 Å². The Morgan fingerprint density at radius 2 is 1.86 bits per heavy atom. The lowest BCUT2D eigenvalue weighted by atomic mass is 10.1. The third kappa shape index (κ3) is 2.25. The van der Waals surface area contributed by atoms with Gasteiger partial charge in [0.15, 0.2) is 0 Å². The molecule has 0 amide bonds. The molecule has 0 saturated heterocycles. The molecule has 0 atom stereocenters. The van der Waals surface area contributed by atoms with Crippen molar-refractivity contribution in [3.05, 3.63) is 54.1 Å². The van der Waals surface area contributed by atoms with Gasteiger partial charge < -0.3 is 4.74 Å². The van der Waals surface area contributed by atoms with Crippen molar-refractivity contribution in [1.29, 1.82) is 0 Å². The van der Waals surface area contributed by atoms with Crippen molar-refractivity contribution in [3.63, 3.8) is 0 Å². The van der Waals surface area contributed by atoms with Crippen molar-refractivity contribution in [2.45, 2.75) is 6.92 Å². The van der Waals surface area contributed by atoms with E-state index >= 15 is 0 Å². The molecule has 0 N–H and O–H groups in total. The van der Waals surface area contributed by atoms with E-state index in [1.54, 1.807) is 25.1 Å². The molecular weight excluding hydrogens is 264 g/mol. The van der Waals surface area contributed by atoms with Crippen LogP contribution in [0.1, 0.15) is 22.8 Å². The predicted octanol–water partition coefficient (Wildman–Crippen LogP) is 3.60. The van der Waals surface area contributed by atoms with E-state index < -0.39 is 0 Å². The van der Waals surface area contributed by atoms with Crippen molar-refractivity contribution >= 4 is 34.1 Å². The number of carbonyl (C=O) groups is 1. The van der Waals surface area contributed by atoms with Gasteiger partial charge in [-0.1, -0.05) is 30.9 Å². The molecule has 104 valence electrons. The van der Waals surface area contributed by atoms with E-state index in [1.807, 2.05) is 24.3 Å². The van der Waals surface area contributed by atoms with Crippen LogP contribution in [0.3, 0.4) is 0 Å². The van der Waals surface area contributed by atoms with Crippen LogP contribution < -0.4 is 0 Å². The third-order valence-electron chi connectivity index (χ3n) is 3.24. The van der Waals surface area contributed by atoms with Crippen molar-refractivity contribution < 1.29 is 9.53 Å². The second kappa shape index (κ2) is 5.32. The first-order valence-electron chi connectivity index (χ1n) is 6.73. The quantitative estimate of drug-likeness (QED) is 0.542. The summed E-state index contributed by atoms with van der Waals surface area (Å²) < 4.78 is 5.08. The molecule has 0 radical (unpaired) electrons. The Bertz CT molecular complexity index is 856. The largest absolute Gasteiger partial charge is 0.462 e. The Balaban J connectivity index is 2.34. The summed E-state index contributed by atoms with van der Waals surface area (Å²) in [5.74, 6) is -0.382. The van der Waals surface area contributed by atoms with Gasteiger partial charge in [-0.15, -0.1) is 0 Å². The number of carbonyl (C=O) groups excluding carboxylic acids is 1. The fraction of sp³-hybridized carbons (Fsp3) is 0.118. The number of hydrogen-bond acceptors (Lipinski definition) is 4. The van der Waals surface area contributed by atoms with Gasteiger partial charge in [0.05, 0.1) is 28.7 Å². The molecule has 3 aromatic rings. The maximum atomic E-state index is 12.0. The van der Waals surface area contributed by atoms with Crippen molar-refractivity contribution in [3.8, 4) is 0 Å². The van der Waals surface area contributed by atoms with Crippen molar-refractivity contribution in [2.75, 3.05) is 6.61 Å². The first kappa shape index (κ1) is 13.2. The number of hydrogen-bond donors (Lipinski definition) is 0. The highest BCUT2D eigenvalue weighted by Crippen LogP contribution is 2.22. The second-order valence-corrected chi connectivity index (χ2v) is 4.54. The van der Waals surface area contributed by atoms with E-state index in [0.29, 0.717) is 23.2 Å². The SMILES string of the molecule is C=Cc1cccc2nc3cccc(C(=O)OCC)c3nc12. The number of benzene rings is 2. The van der Waals surface area contributed by atoms with E-state index in [0.717, 1.165) is 16.6 Å². The summed E-state index contributed by atoms with van der Waals surface area (Å²) in [7, 11) is 0. The lowest BCUT2D eigenvalue weighted by molar-refractivity contribution is 0.0528. The molecule has 1 heterocycles. The van der Waals surface area contributed by atoms with E-state index in [-0.39, 0.29) is 5.97 Å². The van der Waals surface area contributed by atoms with Crippen LogP contribution in [-0.4, -0.2) is 22.5 Å². The van der Waals surface area contributed by atoms with E-state index in [4.69, 9.17) is 4.74 Å². The summed E-state index contributed by atoms with van der Waals surface area (Å²) in [6.07, 6.45) is 1.73. The Morgan fingerprint density at radius 1 is 1.14 bits per heavy atom. The lowest BCUT2D eigenvalue weighted by Crippen LogP contribution is -2.06. The Hall–Kier alpha value is -2.75. The zero-order valence-corrected chi connectivity index (χ0v) is 11.7. The van der Waals surface area contributed by atoms with Gasteiger partial charge in [0.25, 0.3) is 0 Å².